The Bertz CT molecular complexity index is 1070. The zero-order valence-corrected chi connectivity index (χ0v) is 13.6. The molecular weight excluding hydrogens is 320 g/mol. The van der Waals surface area contributed by atoms with Crippen molar-refractivity contribution in [2.75, 3.05) is 0 Å². The Balaban J connectivity index is 1.92. The van der Waals surface area contributed by atoms with Crippen molar-refractivity contribution in [1.82, 2.24) is 9.78 Å². The molecular formula is C19H14N2O2S. The zero-order valence-electron chi connectivity index (χ0n) is 12.7. The molecule has 118 valence electrons. The molecule has 0 saturated carbocycles. The highest BCUT2D eigenvalue weighted by Gasteiger charge is 2.16. The van der Waals surface area contributed by atoms with Crippen LogP contribution in [0.25, 0.3) is 27.9 Å². The minimum atomic E-state index is -0.393. The van der Waals surface area contributed by atoms with E-state index in [1.54, 1.807) is 10.7 Å². The Hall–Kier alpha value is -2.79. The molecule has 0 saturated heterocycles. The van der Waals surface area contributed by atoms with E-state index < -0.39 is 5.63 Å². The Morgan fingerprint density at radius 3 is 2.58 bits per heavy atom. The van der Waals surface area contributed by atoms with Crippen molar-refractivity contribution in [3.63, 3.8) is 0 Å². The van der Waals surface area contributed by atoms with Crippen molar-refractivity contribution >= 4 is 23.6 Å². The third-order valence-electron chi connectivity index (χ3n) is 3.88. The highest BCUT2D eigenvalue weighted by atomic mass is 32.1. The average molecular weight is 334 g/mol. The van der Waals surface area contributed by atoms with Crippen LogP contribution in [0, 0.1) is 0 Å². The number of nitrogens with zero attached hydrogens (tertiary/aromatic N) is 2. The van der Waals surface area contributed by atoms with Crippen molar-refractivity contribution < 1.29 is 4.42 Å². The fraction of sp³-hybridized carbons (Fsp3) is 0.0526. The first-order chi connectivity index (χ1) is 11.8. The highest BCUT2D eigenvalue weighted by Crippen LogP contribution is 2.25. The number of aromatic nitrogens is 2. The van der Waals surface area contributed by atoms with Gasteiger partial charge in [0.2, 0.25) is 0 Å². The fourth-order valence-electron chi connectivity index (χ4n) is 2.69. The molecule has 0 radical (unpaired) electrons. The Morgan fingerprint density at radius 1 is 1.04 bits per heavy atom. The molecule has 2 aromatic heterocycles. The minimum absolute atomic E-state index is 0.393. The van der Waals surface area contributed by atoms with Crippen molar-refractivity contribution in [2.45, 2.75) is 5.75 Å². The van der Waals surface area contributed by atoms with E-state index in [0.29, 0.717) is 22.6 Å². The summed E-state index contributed by atoms with van der Waals surface area (Å²) in [6.07, 6.45) is 1.90. The molecule has 4 nitrogen and oxygen atoms in total. The van der Waals surface area contributed by atoms with Gasteiger partial charge in [0, 0.05) is 22.9 Å². The largest absolute Gasteiger partial charge is 0.422 e. The Labute approximate surface area is 143 Å². The first-order valence-electron chi connectivity index (χ1n) is 7.54. The molecule has 0 N–H and O–H groups in total. The smallest absolute Gasteiger partial charge is 0.345 e. The number of fused-ring (bicyclic) bond motifs is 1. The summed E-state index contributed by atoms with van der Waals surface area (Å²) in [6.45, 7) is 0. The molecule has 0 fully saturated rings. The van der Waals surface area contributed by atoms with Gasteiger partial charge in [-0.05, 0) is 24.3 Å². The molecule has 4 aromatic rings. The number of hydrogen-bond donors (Lipinski definition) is 1. The van der Waals surface area contributed by atoms with Crippen molar-refractivity contribution in [1.29, 1.82) is 0 Å². The normalized spacial score (nSPS) is 11.0. The molecule has 2 heterocycles. The third kappa shape index (κ3) is 2.53. The molecule has 5 heteroatoms. The average Bonchev–Trinajstić information content (AvgIpc) is 3.06. The van der Waals surface area contributed by atoms with E-state index in [9.17, 15) is 4.79 Å². The van der Waals surface area contributed by atoms with Crippen LogP contribution in [-0.4, -0.2) is 9.78 Å². The van der Waals surface area contributed by atoms with E-state index in [2.05, 4.69) is 17.7 Å². The summed E-state index contributed by atoms with van der Waals surface area (Å²) >= 11 is 4.38. The molecule has 24 heavy (non-hydrogen) atoms. The van der Waals surface area contributed by atoms with E-state index in [1.807, 2.05) is 60.8 Å². The summed E-state index contributed by atoms with van der Waals surface area (Å²) in [6, 6.07) is 19.0. The predicted octanol–water partition coefficient (Wildman–Crippen LogP) is 4.08. The maximum absolute atomic E-state index is 12.4. The number of para-hydroxylation sites is 2. The molecule has 0 aliphatic rings. The Kier molecular flexibility index (Phi) is 3.70. The van der Waals surface area contributed by atoms with Crippen molar-refractivity contribution in [3.8, 4) is 16.9 Å². The standard InChI is InChI=1S/C19H14N2O2S/c22-19-16(10-13-6-4-5-9-17(13)23-19)18-14(12-24)11-21(20-18)15-7-2-1-3-8-15/h1-11,24H,12H2. The summed E-state index contributed by atoms with van der Waals surface area (Å²) in [5.41, 5.74) is 3.04. The maximum atomic E-state index is 12.4. The summed E-state index contributed by atoms with van der Waals surface area (Å²) in [7, 11) is 0. The van der Waals surface area contributed by atoms with E-state index in [1.165, 1.54) is 0 Å². The van der Waals surface area contributed by atoms with Gasteiger partial charge in [-0.3, -0.25) is 0 Å². The van der Waals surface area contributed by atoms with Gasteiger partial charge in [-0.2, -0.15) is 17.7 Å². The van der Waals surface area contributed by atoms with Gasteiger partial charge in [0.05, 0.1) is 11.3 Å². The zero-order chi connectivity index (χ0) is 16.5. The second-order valence-electron chi connectivity index (χ2n) is 5.43. The summed E-state index contributed by atoms with van der Waals surface area (Å²) in [5, 5.41) is 5.46. The topological polar surface area (TPSA) is 48.0 Å². The SMILES string of the molecule is O=c1oc2ccccc2cc1-c1nn(-c2ccccc2)cc1CS. The van der Waals surface area contributed by atoms with Crippen LogP contribution < -0.4 is 5.63 Å². The lowest BCUT2D eigenvalue weighted by Gasteiger charge is -2.02. The van der Waals surface area contributed by atoms with Crippen molar-refractivity contribution in [3.05, 3.63) is 82.8 Å². The van der Waals surface area contributed by atoms with E-state index in [4.69, 9.17) is 4.42 Å². The molecule has 0 amide bonds. The second-order valence-corrected chi connectivity index (χ2v) is 5.74. The fourth-order valence-corrected chi connectivity index (χ4v) is 2.92. The van der Waals surface area contributed by atoms with E-state index in [-0.39, 0.29) is 0 Å². The first-order valence-corrected chi connectivity index (χ1v) is 8.17. The molecule has 4 rings (SSSR count). The maximum Gasteiger partial charge on any atom is 0.345 e. The lowest BCUT2D eigenvalue weighted by molar-refractivity contribution is 0.563. The van der Waals surface area contributed by atoms with Gasteiger partial charge in [-0.25, -0.2) is 9.48 Å². The third-order valence-corrected chi connectivity index (χ3v) is 4.22. The van der Waals surface area contributed by atoms with Gasteiger partial charge in [-0.15, -0.1) is 0 Å². The van der Waals surface area contributed by atoms with E-state index >= 15 is 0 Å². The lowest BCUT2D eigenvalue weighted by atomic mass is 10.1. The molecule has 0 unspecified atom stereocenters. The van der Waals surface area contributed by atoms with Crippen molar-refractivity contribution in [2.24, 2.45) is 0 Å². The van der Waals surface area contributed by atoms with Crippen LogP contribution in [0.3, 0.4) is 0 Å². The van der Waals surface area contributed by atoms with Gasteiger partial charge < -0.3 is 4.42 Å². The number of hydrogen-bond acceptors (Lipinski definition) is 4. The molecule has 0 aliphatic heterocycles. The van der Waals surface area contributed by atoms with Gasteiger partial charge in [0.1, 0.15) is 11.3 Å². The van der Waals surface area contributed by atoms with Gasteiger partial charge in [0.25, 0.3) is 0 Å². The monoisotopic (exact) mass is 334 g/mol. The molecule has 0 aliphatic carbocycles. The molecule has 0 atom stereocenters. The predicted molar refractivity (Wildman–Crippen MR) is 97.7 cm³/mol. The van der Waals surface area contributed by atoms with Crippen LogP contribution in [0.5, 0.6) is 0 Å². The number of rotatable bonds is 3. The van der Waals surface area contributed by atoms with Crippen LogP contribution in [0.15, 0.2) is 76.1 Å². The summed E-state index contributed by atoms with van der Waals surface area (Å²) in [5.74, 6) is 0.481. The second kappa shape index (κ2) is 6.02. The van der Waals surface area contributed by atoms with E-state index in [0.717, 1.165) is 16.6 Å². The molecule has 0 spiro atoms. The van der Waals surface area contributed by atoms with Crippen LogP contribution in [0.1, 0.15) is 5.56 Å². The quantitative estimate of drug-likeness (QED) is 0.454. The number of thiol groups is 1. The minimum Gasteiger partial charge on any atom is -0.422 e. The van der Waals surface area contributed by atoms with Gasteiger partial charge in [-0.1, -0.05) is 36.4 Å². The summed E-state index contributed by atoms with van der Waals surface area (Å²) < 4.78 is 7.19. The lowest BCUT2D eigenvalue weighted by Crippen LogP contribution is -2.04. The van der Waals surface area contributed by atoms with Crippen LogP contribution in [0.2, 0.25) is 0 Å². The van der Waals surface area contributed by atoms with Gasteiger partial charge in [0.15, 0.2) is 0 Å². The summed E-state index contributed by atoms with van der Waals surface area (Å²) in [4.78, 5) is 12.4. The number of benzene rings is 2. The van der Waals surface area contributed by atoms with Gasteiger partial charge >= 0.3 is 5.63 Å². The molecule has 2 aromatic carbocycles. The highest BCUT2D eigenvalue weighted by molar-refractivity contribution is 7.79. The Morgan fingerprint density at radius 2 is 1.79 bits per heavy atom. The van der Waals surface area contributed by atoms with Crippen LogP contribution >= 0.6 is 12.6 Å². The van der Waals surface area contributed by atoms with Crippen LogP contribution in [0.4, 0.5) is 0 Å². The molecule has 0 bridgehead atoms. The first kappa shape index (κ1) is 14.8. The van der Waals surface area contributed by atoms with Crippen LogP contribution in [-0.2, 0) is 5.75 Å².